The van der Waals surface area contributed by atoms with Gasteiger partial charge in [0.2, 0.25) is 5.95 Å². The second-order valence-electron chi connectivity index (χ2n) is 24.5. The molecule has 14 aromatic carbocycles. The summed E-state index contributed by atoms with van der Waals surface area (Å²) in [5, 5.41) is 9.52. The summed E-state index contributed by atoms with van der Waals surface area (Å²) in [5.41, 5.74) is 25.1. The summed E-state index contributed by atoms with van der Waals surface area (Å²) in [5.74, 6) is 0.586. The SMILES string of the molecule is c1ccc(-c2ccccc2-c2cccc(-c3cc(-c4cccc(-n5c6ccccc6c6ccc(-c7ccc8c(c7)c7ccccc7n8-c7ccccc7)cc65)c4)nc(-n4c5ccccc5c5ccc(-c6ccc7c(c6)c6ccccc6n7-c6ccccc6)cc54)n3)c2)cc1. The molecule has 0 unspecified atom stereocenters. The van der Waals surface area contributed by atoms with Crippen molar-refractivity contribution in [3.63, 3.8) is 0 Å². The van der Waals surface area contributed by atoms with Gasteiger partial charge in [0.05, 0.1) is 55.5 Å². The average Bonchev–Trinajstić information content (AvgIpc) is 1.60. The average molecular weight is 1200 g/mol. The van der Waals surface area contributed by atoms with Crippen LogP contribution in [0.25, 0.3) is 177 Å². The molecular weight excluding hydrogens is 1140 g/mol. The summed E-state index contributed by atoms with van der Waals surface area (Å²) in [6.07, 6.45) is 0. The Labute approximate surface area is 542 Å². The van der Waals surface area contributed by atoms with Crippen molar-refractivity contribution in [2.75, 3.05) is 0 Å². The summed E-state index contributed by atoms with van der Waals surface area (Å²) >= 11 is 0. The summed E-state index contributed by atoms with van der Waals surface area (Å²) in [6.45, 7) is 0. The van der Waals surface area contributed by atoms with Crippen LogP contribution in [0, 0.1) is 0 Å². The van der Waals surface area contributed by atoms with Crippen LogP contribution in [-0.4, -0.2) is 28.2 Å². The monoisotopic (exact) mass is 1200 g/mol. The Hall–Kier alpha value is -12.6. The number of aromatic nitrogens is 6. The highest BCUT2D eigenvalue weighted by atomic mass is 15.2. The van der Waals surface area contributed by atoms with Crippen LogP contribution in [0.3, 0.4) is 0 Å². The van der Waals surface area contributed by atoms with Crippen LogP contribution >= 0.6 is 0 Å². The highest BCUT2D eigenvalue weighted by molar-refractivity contribution is 6.15. The molecule has 0 saturated heterocycles. The largest absolute Gasteiger partial charge is 0.309 e. The van der Waals surface area contributed by atoms with E-state index in [2.05, 4.69) is 358 Å². The summed E-state index contributed by atoms with van der Waals surface area (Å²) in [6, 6.07) is 123. The molecule has 94 heavy (non-hydrogen) atoms. The summed E-state index contributed by atoms with van der Waals surface area (Å²) in [7, 11) is 0. The second-order valence-corrected chi connectivity index (χ2v) is 24.5. The maximum absolute atomic E-state index is 5.72. The maximum Gasteiger partial charge on any atom is 0.235 e. The van der Waals surface area contributed by atoms with Crippen molar-refractivity contribution < 1.29 is 0 Å². The smallest absolute Gasteiger partial charge is 0.235 e. The van der Waals surface area contributed by atoms with Gasteiger partial charge >= 0.3 is 0 Å². The molecule has 19 rings (SSSR count). The molecule has 0 amide bonds. The zero-order valence-corrected chi connectivity index (χ0v) is 51.0. The molecular formula is C88H56N6. The number of nitrogens with zero attached hydrogens (tertiary/aromatic N) is 6. The number of para-hydroxylation sites is 6. The van der Waals surface area contributed by atoms with E-state index in [1.165, 1.54) is 65.5 Å². The van der Waals surface area contributed by atoms with Gasteiger partial charge in [-0.2, -0.15) is 0 Å². The minimum atomic E-state index is 0.586. The van der Waals surface area contributed by atoms with E-state index in [1.54, 1.807) is 0 Å². The molecule has 0 fully saturated rings. The van der Waals surface area contributed by atoms with E-state index in [-0.39, 0.29) is 0 Å². The van der Waals surface area contributed by atoms with Gasteiger partial charge in [-0.25, -0.2) is 9.97 Å². The molecule has 5 aromatic heterocycles. The normalized spacial score (nSPS) is 11.8. The first-order valence-electron chi connectivity index (χ1n) is 32.1. The Morgan fingerprint density at radius 3 is 1.04 bits per heavy atom. The molecule has 0 bridgehead atoms. The van der Waals surface area contributed by atoms with Gasteiger partial charge in [-0.1, -0.05) is 231 Å². The van der Waals surface area contributed by atoms with Crippen LogP contribution in [-0.2, 0) is 0 Å². The van der Waals surface area contributed by atoms with Crippen LogP contribution in [0.2, 0.25) is 0 Å². The standard InChI is InChI=1S/C88H56N6/c1-4-22-57(23-5-1)68-32-10-11-33-69(68)62-24-20-25-63(50-62)78-56-79(90-88(89-78)94-83-41-19-13-35-71(83)75-47-43-61(55-87(75)94)59-45-49-85-77(53-59)73-37-15-18-40-82(73)92(85)66-29-8-3-9-30-66)64-26-21-31-67(51-64)93-80-38-16-12-34-70(80)74-46-42-60(54-86(74)93)58-44-48-84-76(52-58)72-36-14-17-39-81(72)91(84)65-27-6-2-7-28-65/h1-56H. The lowest BCUT2D eigenvalue weighted by atomic mass is 9.93. The molecule has 438 valence electrons. The van der Waals surface area contributed by atoms with Gasteiger partial charge in [-0.15, -0.1) is 0 Å². The van der Waals surface area contributed by atoms with Crippen molar-refractivity contribution in [1.29, 1.82) is 0 Å². The number of hydrogen-bond donors (Lipinski definition) is 0. The van der Waals surface area contributed by atoms with E-state index in [0.717, 1.165) is 106 Å². The van der Waals surface area contributed by atoms with Gasteiger partial charge in [0.15, 0.2) is 0 Å². The number of rotatable bonds is 10. The zero-order valence-electron chi connectivity index (χ0n) is 51.0. The molecule has 0 radical (unpaired) electrons. The van der Waals surface area contributed by atoms with E-state index < -0.39 is 0 Å². The van der Waals surface area contributed by atoms with Crippen molar-refractivity contribution in [2.24, 2.45) is 0 Å². The van der Waals surface area contributed by atoms with Crippen molar-refractivity contribution in [1.82, 2.24) is 28.2 Å². The Bertz CT molecular complexity index is 6220. The molecule has 0 aliphatic rings. The predicted octanol–water partition coefficient (Wildman–Crippen LogP) is 22.9. The summed E-state index contributed by atoms with van der Waals surface area (Å²) in [4.78, 5) is 11.4. The molecule has 0 aliphatic heterocycles. The number of fused-ring (bicyclic) bond motifs is 12. The molecule has 6 nitrogen and oxygen atoms in total. The van der Waals surface area contributed by atoms with E-state index in [4.69, 9.17) is 9.97 Å². The van der Waals surface area contributed by atoms with Crippen LogP contribution in [0.15, 0.2) is 340 Å². The van der Waals surface area contributed by atoms with Gasteiger partial charge in [0.1, 0.15) is 0 Å². The van der Waals surface area contributed by atoms with Crippen LogP contribution in [0.5, 0.6) is 0 Å². The lowest BCUT2D eigenvalue weighted by molar-refractivity contribution is 0.995. The fourth-order valence-electron chi connectivity index (χ4n) is 14.9. The first kappa shape index (κ1) is 53.2. The Morgan fingerprint density at radius 1 is 0.170 bits per heavy atom. The topological polar surface area (TPSA) is 45.5 Å². The van der Waals surface area contributed by atoms with Gasteiger partial charge in [-0.3, -0.25) is 4.57 Å². The van der Waals surface area contributed by atoms with E-state index in [9.17, 15) is 0 Å². The quantitative estimate of drug-likeness (QED) is 0.137. The first-order chi connectivity index (χ1) is 46.6. The van der Waals surface area contributed by atoms with Crippen molar-refractivity contribution in [3.8, 4) is 90.0 Å². The molecule has 0 aliphatic carbocycles. The molecule has 0 N–H and O–H groups in total. The molecule has 19 aromatic rings. The van der Waals surface area contributed by atoms with Crippen LogP contribution < -0.4 is 0 Å². The highest BCUT2D eigenvalue weighted by Crippen LogP contribution is 2.43. The third-order valence-electron chi connectivity index (χ3n) is 19.2. The van der Waals surface area contributed by atoms with E-state index in [1.807, 2.05) is 0 Å². The van der Waals surface area contributed by atoms with Gasteiger partial charge in [-0.05, 0) is 154 Å². The van der Waals surface area contributed by atoms with Crippen molar-refractivity contribution >= 4 is 87.2 Å². The lowest BCUT2D eigenvalue weighted by Crippen LogP contribution is -2.04. The highest BCUT2D eigenvalue weighted by Gasteiger charge is 2.22. The fourth-order valence-corrected chi connectivity index (χ4v) is 14.9. The first-order valence-corrected chi connectivity index (χ1v) is 32.1. The minimum Gasteiger partial charge on any atom is -0.309 e. The number of hydrogen-bond acceptors (Lipinski definition) is 2. The third kappa shape index (κ3) is 8.58. The second kappa shape index (κ2) is 21.5. The predicted molar refractivity (Wildman–Crippen MR) is 392 cm³/mol. The molecule has 6 heteroatoms. The van der Waals surface area contributed by atoms with Crippen molar-refractivity contribution in [2.45, 2.75) is 0 Å². The molecule has 0 spiro atoms. The number of benzene rings is 14. The van der Waals surface area contributed by atoms with Crippen LogP contribution in [0.4, 0.5) is 0 Å². The zero-order chi connectivity index (χ0) is 61.8. The van der Waals surface area contributed by atoms with E-state index in [0.29, 0.717) is 5.95 Å². The lowest BCUT2D eigenvalue weighted by Gasteiger charge is -2.15. The minimum absolute atomic E-state index is 0.586. The van der Waals surface area contributed by atoms with Gasteiger partial charge in [0, 0.05) is 71.3 Å². The van der Waals surface area contributed by atoms with Gasteiger partial charge in [0.25, 0.3) is 0 Å². The third-order valence-corrected chi connectivity index (χ3v) is 19.2. The van der Waals surface area contributed by atoms with Crippen LogP contribution in [0.1, 0.15) is 0 Å². The van der Waals surface area contributed by atoms with E-state index >= 15 is 0 Å². The Morgan fingerprint density at radius 2 is 0.511 bits per heavy atom. The molecule has 0 atom stereocenters. The van der Waals surface area contributed by atoms with Crippen molar-refractivity contribution in [3.05, 3.63) is 340 Å². The van der Waals surface area contributed by atoms with Gasteiger partial charge < -0.3 is 13.7 Å². The molecule has 0 saturated carbocycles. The maximum atomic E-state index is 5.72. The fraction of sp³-hybridized carbons (Fsp3) is 0. The Balaban J connectivity index is 0.790. The molecule has 5 heterocycles. The summed E-state index contributed by atoms with van der Waals surface area (Å²) < 4.78 is 9.46. The Kier molecular flexibility index (Phi) is 12.2.